The van der Waals surface area contributed by atoms with Crippen molar-refractivity contribution < 1.29 is 9.84 Å². The van der Waals surface area contributed by atoms with Crippen LogP contribution in [-0.2, 0) is 17.1 Å². The Bertz CT molecular complexity index is 636. The van der Waals surface area contributed by atoms with E-state index in [9.17, 15) is 8.42 Å². The lowest BCUT2D eigenvalue weighted by Crippen LogP contribution is -2.12. The summed E-state index contributed by atoms with van der Waals surface area (Å²) in [5, 5.41) is 3.84. The van der Waals surface area contributed by atoms with Crippen molar-refractivity contribution in [1.82, 2.24) is 9.78 Å². The number of rotatable bonds is 3. The molecule has 0 radical (unpaired) electrons. The number of anilines is 1. The molecule has 0 saturated carbocycles. The van der Waals surface area contributed by atoms with Crippen LogP contribution in [0.5, 0.6) is 0 Å². The van der Waals surface area contributed by atoms with E-state index in [1.54, 1.807) is 19.2 Å². The molecule has 0 aliphatic rings. The van der Waals surface area contributed by atoms with Crippen molar-refractivity contribution in [2.45, 2.75) is 32.1 Å². The molecule has 6 heteroatoms. The third-order valence-electron chi connectivity index (χ3n) is 2.30. The Morgan fingerprint density at radius 1 is 1.25 bits per heavy atom. The van der Waals surface area contributed by atoms with E-state index in [0.717, 1.165) is 5.56 Å². The second-order valence-corrected chi connectivity index (χ2v) is 6.21. The Balaban J connectivity index is 0.000000922. The van der Waals surface area contributed by atoms with Crippen LogP contribution in [0.3, 0.4) is 0 Å². The minimum absolute atomic E-state index is 0. The quantitative estimate of drug-likeness (QED) is 0.946. The average Bonchev–Trinajstić information content (AvgIpc) is 2.81. The Hall–Kier alpha value is -1.82. The highest BCUT2D eigenvalue weighted by Gasteiger charge is 2.15. The van der Waals surface area contributed by atoms with E-state index in [-0.39, 0.29) is 6.32 Å². The highest BCUT2D eigenvalue weighted by molar-refractivity contribution is 7.92. The van der Waals surface area contributed by atoms with Gasteiger partial charge in [-0.2, -0.15) is 5.10 Å². The van der Waals surface area contributed by atoms with E-state index in [4.69, 9.17) is 0 Å². The second-order valence-electron chi connectivity index (χ2n) is 4.53. The Labute approximate surface area is 122 Å². The summed E-state index contributed by atoms with van der Waals surface area (Å²) >= 11 is 0. The van der Waals surface area contributed by atoms with Gasteiger partial charge in [0.2, 0.25) is 0 Å². The number of benzene rings is 1. The largest absolute Gasteiger partial charge is 0.280 e. The van der Waals surface area contributed by atoms with Crippen molar-refractivity contribution in [1.29, 1.82) is 0 Å². The summed E-state index contributed by atoms with van der Waals surface area (Å²) in [6.07, 6.45) is 4.02. The summed E-state index contributed by atoms with van der Waals surface area (Å²) in [6, 6.07) is 7.15. The van der Waals surface area contributed by atoms with Gasteiger partial charge in [0.15, 0.2) is 0 Å². The van der Waals surface area contributed by atoms with E-state index >= 15 is 0 Å². The van der Waals surface area contributed by atoms with Crippen LogP contribution in [0.25, 0.3) is 0 Å². The van der Waals surface area contributed by atoms with Crippen LogP contribution >= 0.6 is 0 Å². The van der Waals surface area contributed by atoms with Crippen LogP contribution in [-0.4, -0.2) is 18.2 Å². The summed E-state index contributed by atoms with van der Waals surface area (Å²) in [4.78, 5) is 0.153. The van der Waals surface area contributed by atoms with E-state index in [1.165, 1.54) is 23.5 Å². The first-order valence-corrected chi connectivity index (χ1v) is 7.95. The fourth-order valence-electron chi connectivity index (χ4n) is 1.37. The first kappa shape index (κ1) is 16.2. The SMILES string of the molecule is CCC.Cc1ccc(NS(=O)(=O)c2cnn(C)c2)cc1.[HH]. The zero-order chi connectivity index (χ0) is 15.2. The van der Waals surface area contributed by atoms with Crippen LogP contribution in [0.1, 0.15) is 27.3 Å². The number of nitrogens with zero attached hydrogens (tertiary/aromatic N) is 2. The molecule has 1 heterocycles. The van der Waals surface area contributed by atoms with Gasteiger partial charge in [0.1, 0.15) is 4.90 Å². The van der Waals surface area contributed by atoms with Crippen molar-refractivity contribution in [2.75, 3.05) is 4.72 Å². The molecule has 1 N–H and O–H groups in total. The van der Waals surface area contributed by atoms with Gasteiger partial charge in [-0.3, -0.25) is 9.40 Å². The molecule has 0 bridgehead atoms. The minimum Gasteiger partial charge on any atom is -0.280 e. The zero-order valence-corrected chi connectivity index (χ0v) is 13.1. The van der Waals surface area contributed by atoms with Crippen molar-refractivity contribution in [2.24, 2.45) is 7.05 Å². The molecule has 20 heavy (non-hydrogen) atoms. The lowest BCUT2D eigenvalue weighted by molar-refractivity contribution is 0.601. The third-order valence-corrected chi connectivity index (χ3v) is 3.63. The molecule has 0 fully saturated rings. The molecule has 0 amide bonds. The molecule has 5 nitrogen and oxygen atoms in total. The van der Waals surface area contributed by atoms with E-state index < -0.39 is 10.0 Å². The summed E-state index contributed by atoms with van der Waals surface area (Å²) in [6.45, 7) is 6.19. The first-order chi connectivity index (χ1) is 9.39. The highest BCUT2D eigenvalue weighted by Crippen LogP contribution is 2.15. The van der Waals surface area contributed by atoms with Crippen molar-refractivity contribution in [3.63, 3.8) is 0 Å². The minimum atomic E-state index is -3.54. The monoisotopic (exact) mass is 297 g/mol. The highest BCUT2D eigenvalue weighted by atomic mass is 32.2. The molecule has 1 aromatic carbocycles. The fraction of sp³-hybridized carbons (Fsp3) is 0.357. The molecule has 112 valence electrons. The molecule has 0 unspecified atom stereocenters. The summed E-state index contributed by atoms with van der Waals surface area (Å²) in [7, 11) is -1.87. The number of hydrogen-bond acceptors (Lipinski definition) is 3. The van der Waals surface area contributed by atoms with E-state index in [2.05, 4.69) is 23.7 Å². The molecule has 0 atom stereocenters. The standard InChI is InChI=1S/C11H13N3O2S.C3H8.H2/c1-9-3-5-10(6-4-9)13-17(15,16)11-7-12-14(2)8-11;1-3-2;/h3-8,13H,1-2H3;3H2,1-2H3;1H. The van der Waals surface area contributed by atoms with E-state index in [0.29, 0.717) is 5.69 Å². The van der Waals surface area contributed by atoms with Gasteiger partial charge in [-0.25, -0.2) is 8.42 Å². The maximum absolute atomic E-state index is 11.9. The molecule has 1 aromatic heterocycles. The van der Waals surface area contributed by atoms with Crippen molar-refractivity contribution >= 4 is 15.7 Å². The molecule has 0 spiro atoms. The third kappa shape index (κ3) is 4.70. The molecular formula is C14H23N3O2S. The van der Waals surface area contributed by atoms with Crippen LogP contribution < -0.4 is 4.72 Å². The summed E-state index contributed by atoms with van der Waals surface area (Å²) in [5.41, 5.74) is 1.62. The van der Waals surface area contributed by atoms with Gasteiger partial charge in [-0.1, -0.05) is 38.0 Å². The topological polar surface area (TPSA) is 64.0 Å². The number of aromatic nitrogens is 2. The zero-order valence-electron chi connectivity index (χ0n) is 12.3. The van der Waals surface area contributed by atoms with Gasteiger partial charge in [0, 0.05) is 20.4 Å². The van der Waals surface area contributed by atoms with Crippen LogP contribution in [0.15, 0.2) is 41.6 Å². The molecular weight excluding hydrogens is 274 g/mol. The number of sulfonamides is 1. The molecule has 0 aliphatic heterocycles. The average molecular weight is 297 g/mol. The fourth-order valence-corrected chi connectivity index (χ4v) is 2.41. The van der Waals surface area contributed by atoms with Crippen LogP contribution in [0.2, 0.25) is 0 Å². The lowest BCUT2D eigenvalue weighted by atomic mass is 10.2. The Morgan fingerprint density at radius 3 is 2.25 bits per heavy atom. The smallest absolute Gasteiger partial charge is 0.265 e. The van der Waals surface area contributed by atoms with Gasteiger partial charge < -0.3 is 0 Å². The van der Waals surface area contributed by atoms with E-state index in [1.807, 2.05) is 19.1 Å². The summed E-state index contributed by atoms with van der Waals surface area (Å²) in [5.74, 6) is 0. The number of nitrogens with one attached hydrogen (secondary N) is 1. The molecule has 0 saturated heterocycles. The molecule has 2 aromatic rings. The Morgan fingerprint density at radius 2 is 1.80 bits per heavy atom. The lowest BCUT2D eigenvalue weighted by Gasteiger charge is -2.05. The maximum Gasteiger partial charge on any atom is 0.265 e. The second kappa shape index (κ2) is 7.09. The van der Waals surface area contributed by atoms with Gasteiger partial charge in [0.05, 0.1) is 6.20 Å². The first-order valence-electron chi connectivity index (χ1n) is 6.47. The van der Waals surface area contributed by atoms with Crippen LogP contribution in [0.4, 0.5) is 5.69 Å². The van der Waals surface area contributed by atoms with Crippen molar-refractivity contribution in [3.05, 3.63) is 42.2 Å². The van der Waals surface area contributed by atoms with Crippen molar-refractivity contribution in [3.8, 4) is 0 Å². The molecule has 0 aliphatic carbocycles. The maximum atomic E-state index is 11.9. The Kier molecular flexibility index (Phi) is 5.76. The summed E-state index contributed by atoms with van der Waals surface area (Å²) < 4.78 is 27.8. The predicted molar refractivity (Wildman–Crippen MR) is 83.3 cm³/mol. The van der Waals surface area contributed by atoms with Crippen LogP contribution in [0, 0.1) is 6.92 Å². The normalized spacial score (nSPS) is 10.6. The van der Waals surface area contributed by atoms with Gasteiger partial charge >= 0.3 is 0 Å². The van der Waals surface area contributed by atoms with Gasteiger partial charge in [-0.05, 0) is 19.1 Å². The van der Waals surface area contributed by atoms with Gasteiger partial charge in [0.25, 0.3) is 10.0 Å². The predicted octanol–water partition coefficient (Wildman–Crippen LogP) is 3.19. The number of aryl methyl sites for hydroxylation is 2. The molecule has 2 rings (SSSR count). The number of hydrogen-bond donors (Lipinski definition) is 1. The van der Waals surface area contributed by atoms with Gasteiger partial charge in [-0.15, -0.1) is 0 Å².